The first-order valence-electron chi connectivity index (χ1n) is 21.6. The highest BCUT2D eigenvalue weighted by Gasteiger charge is 2.49. The second kappa shape index (κ2) is 12.7. The van der Waals surface area contributed by atoms with E-state index in [1.807, 2.05) is 22.7 Å². The molecule has 2 aromatic heterocycles. The Morgan fingerprint density at radius 2 is 1.00 bits per heavy atom. The molecule has 0 saturated carbocycles. The molecule has 6 aliphatic heterocycles. The quantitative estimate of drug-likeness (QED) is 0.137. The average Bonchev–Trinajstić information content (AvgIpc) is 3.85. The van der Waals surface area contributed by atoms with Crippen LogP contribution in [0.3, 0.4) is 0 Å². The molecule has 0 unspecified atom stereocenters. The van der Waals surface area contributed by atoms with Crippen molar-refractivity contribution < 1.29 is 14.2 Å². The van der Waals surface area contributed by atoms with Gasteiger partial charge in [-0.3, -0.25) is 8.61 Å². The van der Waals surface area contributed by atoms with Gasteiger partial charge in [0.25, 0.3) is 20.1 Å². The molecular weight excluding hydrogens is 863 g/mol. The van der Waals surface area contributed by atoms with Crippen molar-refractivity contribution in [3.05, 3.63) is 126 Å². The number of rotatable bonds is 2. The maximum absolute atomic E-state index is 7.05. The van der Waals surface area contributed by atoms with Gasteiger partial charge in [0, 0.05) is 70.8 Å². The smallest absolute Gasteiger partial charge is 0.273 e. The van der Waals surface area contributed by atoms with Crippen LogP contribution in [0.15, 0.2) is 109 Å². The molecule has 0 saturated heterocycles. The molecule has 15 rings (SSSR count). The third kappa shape index (κ3) is 4.63. The van der Waals surface area contributed by atoms with E-state index in [0.717, 1.165) is 62.3 Å². The molecule has 9 aromatic rings. The van der Waals surface area contributed by atoms with E-state index in [2.05, 4.69) is 156 Å². The first-order valence-corrected chi connectivity index (χ1v) is 25.6. The van der Waals surface area contributed by atoms with Crippen LogP contribution >= 0.6 is 46.6 Å². The highest BCUT2D eigenvalue weighted by atomic mass is 32.2. The first-order chi connectivity index (χ1) is 31.3. The molecule has 1 N–H and O–H groups in total. The largest absolute Gasteiger partial charge is 0.458 e. The van der Waals surface area contributed by atoms with Crippen molar-refractivity contribution in [2.45, 2.75) is 20.8 Å². The fourth-order valence-corrected chi connectivity index (χ4v) is 15.6. The van der Waals surface area contributed by atoms with Crippen LogP contribution < -0.4 is 75.9 Å². The molecule has 304 valence electrons. The van der Waals surface area contributed by atoms with Gasteiger partial charge >= 0.3 is 0 Å². The molecular formula is C51H34B3N3O3S4. The topological polar surface area (TPSA) is 46.2 Å². The van der Waals surface area contributed by atoms with E-state index in [-0.39, 0.29) is 20.1 Å². The summed E-state index contributed by atoms with van der Waals surface area (Å²) in [5.74, 6) is 5.58. The third-order valence-electron chi connectivity index (χ3n) is 14.1. The SMILES string of the molecule is CSN1c2cc3c(cc2B2c4cc5c(cc4N(SC)c4cc(C)cc1c42)Oc1cc(C)cc2c1B5c1sc4ccccc4c1O2)B1c2sc4ccccc4c2Oc2cc(C)cc(c21)N3. The predicted octanol–water partition coefficient (Wildman–Crippen LogP) is 8.42. The highest BCUT2D eigenvalue weighted by molar-refractivity contribution is 8.00. The fraction of sp³-hybridized carbons (Fsp3) is 0.0980. The van der Waals surface area contributed by atoms with Crippen LogP contribution in [0.1, 0.15) is 16.7 Å². The van der Waals surface area contributed by atoms with Crippen molar-refractivity contribution in [3.8, 4) is 34.5 Å². The van der Waals surface area contributed by atoms with Gasteiger partial charge < -0.3 is 19.5 Å². The summed E-state index contributed by atoms with van der Waals surface area (Å²) in [5.41, 5.74) is 19.4. The number of nitrogens with zero attached hydrogens (tertiary/aromatic N) is 2. The van der Waals surface area contributed by atoms with Crippen molar-refractivity contribution in [1.82, 2.24) is 0 Å². The lowest BCUT2D eigenvalue weighted by molar-refractivity contribution is 0.467. The van der Waals surface area contributed by atoms with Crippen molar-refractivity contribution in [3.63, 3.8) is 0 Å². The maximum Gasteiger partial charge on any atom is 0.273 e. The molecule has 0 bridgehead atoms. The normalized spacial score (nSPS) is 14.8. The van der Waals surface area contributed by atoms with E-state index in [1.54, 1.807) is 23.9 Å². The Morgan fingerprint density at radius 1 is 0.469 bits per heavy atom. The summed E-state index contributed by atoms with van der Waals surface area (Å²) in [6.07, 6.45) is 4.40. The van der Waals surface area contributed by atoms with Crippen molar-refractivity contribution >= 4 is 169 Å². The number of hydrogen-bond donors (Lipinski definition) is 1. The number of hydrogen-bond acceptors (Lipinski definition) is 10. The van der Waals surface area contributed by atoms with Gasteiger partial charge in [-0.15, -0.1) is 22.7 Å². The monoisotopic (exact) mass is 897 g/mol. The summed E-state index contributed by atoms with van der Waals surface area (Å²) < 4.78 is 30.7. The van der Waals surface area contributed by atoms with Gasteiger partial charge in [0.1, 0.15) is 34.5 Å². The number of nitrogens with one attached hydrogen (secondary N) is 1. The molecule has 0 amide bonds. The van der Waals surface area contributed by atoms with Gasteiger partial charge in [-0.2, -0.15) is 0 Å². The van der Waals surface area contributed by atoms with Crippen LogP contribution in [-0.4, -0.2) is 32.6 Å². The van der Waals surface area contributed by atoms with Gasteiger partial charge in [-0.1, -0.05) is 36.4 Å². The zero-order valence-corrected chi connectivity index (χ0v) is 38.6. The second-order valence-corrected chi connectivity index (χ2v) is 21.5. The van der Waals surface area contributed by atoms with E-state index in [4.69, 9.17) is 14.2 Å². The van der Waals surface area contributed by atoms with Gasteiger partial charge in [0.15, 0.2) is 0 Å². The van der Waals surface area contributed by atoms with E-state index in [9.17, 15) is 0 Å². The summed E-state index contributed by atoms with van der Waals surface area (Å²) >= 11 is 7.25. The molecule has 7 aromatic carbocycles. The van der Waals surface area contributed by atoms with Gasteiger partial charge in [-0.25, -0.2) is 0 Å². The number of fused-ring (bicyclic) bond motifs is 16. The number of anilines is 6. The van der Waals surface area contributed by atoms with E-state index in [0.29, 0.717) is 0 Å². The van der Waals surface area contributed by atoms with Gasteiger partial charge in [0.2, 0.25) is 0 Å². The fourth-order valence-electron chi connectivity index (χ4n) is 11.7. The van der Waals surface area contributed by atoms with Crippen LogP contribution in [0.4, 0.5) is 34.1 Å². The van der Waals surface area contributed by atoms with Crippen molar-refractivity contribution in [2.24, 2.45) is 0 Å². The summed E-state index contributed by atoms with van der Waals surface area (Å²) in [5, 5.41) is 6.30. The van der Waals surface area contributed by atoms with E-state index >= 15 is 0 Å². The zero-order chi connectivity index (χ0) is 42.4. The minimum Gasteiger partial charge on any atom is -0.458 e. The van der Waals surface area contributed by atoms with Crippen LogP contribution in [0.5, 0.6) is 34.5 Å². The number of thiophene rings is 2. The molecule has 0 atom stereocenters. The van der Waals surface area contributed by atoms with Crippen molar-refractivity contribution in [2.75, 3.05) is 26.4 Å². The third-order valence-corrected chi connectivity index (χ3v) is 18.1. The summed E-state index contributed by atoms with van der Waals surface area (Å²) in [7, 11) is 0. The highest BCUT2D eigenvalue weighted by Crippen LogP contribution is 2.47. The second-order valence-electron chi connectivity index (χ2n) is 17.8. The molecule has 0 spiro atoms. The van der Waals surface area contributed by atoms with Crippen LogP contribution in [0.25, 0.3) is 20.2 Å². The minimum absolute atomic E-state index is 0.0182. The summed E-state index contributed by atoms with van der Waals surface area (Å²) in [4.78, 5) is 0. The van der Waals surface area contributed by atoms with Gasteiger partial charge in [-0.05, 0) is 161 Å². The van der Waals surface area contributed by atoms with Crippen LogP contribution in [0, 0.1) is 20.8 Å². The minimum atomic E-state index is -0.0424. The molecule has 0 fully saturated rings. The Hall–Kier alpha value is -5.85. The lowest BCUT2D eigenvalue weighted by Crippen LogP contribution is -2.65. The Morgan fingerprint density at radius 3 is 1.64 bits per heavy atom. The molecule has 0 aliphatic carbocycles. The van der Waals surface area contributed by atoms with E-state index < -0.39 is 0 Å². The molecule has 6 aliphatic rings. The summed E-state index contributed by atoms with van der Waals surface area (Å²) in [6.45, 7) is 6.46. The Kier molecular flexibility index (Phi) is 7.24. The maximum atomic E-state index is 7.05. The molecule has 6 nitrogen and oxygen atoms in total. The predicted molar refractivity (Wildman–Crippen MR) is 279 cm³/mol. The Bertz CT molecular complexity index is 3430. The number of benzene rings is 7. The molecule has 64 heavy (non-hydrogen) atoms. The van der Waals surface area contributed by atoms with Crippen LogP contribution in [0.2, 0.25) is 0 Å². The number of aryl methyl sites for hydroxylation is 3. The Balaban J connectivity index is 1.01. The summed E-state index contributed by atoms with van der Waals surface area (Å²) in [6, 6.07) is 40.9. The number of ether oxygens (including phenoxy) is 3. The van der Waals surface area contributed by atoms with Gasteiger partial charge in [0.05, 0.1) is 17.1 Å². The van der Waals surface area contributed by atoms with Crippen LogP contribution in [-0.2, 0) is 0 Å². The van der Waals surface area contributed by atoms with E-state index in [1.165, 1.54) is 91.0 Å². The first kappa shape index (κ1) is 36.5. The lowest BCUT2D eigenvalue weighted by atomic mass is 9.30. The molecule has 8 heterocycles. The molecule has 0 radical (unpaired) electrons. The zero-order valence-electron chi connectivity index (χ0n) is 35.4. The Labute approximate surface area is 388 Å². The lowest BCUT2D eigenvalue weighted by Gasteiger charge is -2.44. The molecule has 13 heteroatoms. The van der Waals surface area contributed by atoms with Crippen molar-refractivity contribution in [1.29, 1.82) is 0 Å². The standard InChI is InChI=1S/C51H34B3N3O3S4/c1-24-14-34-45-40(17-24)59-48-27-10-6-8-12-43(27)63-50(48)53(45)29-20-30-35(22-33(29)55-34)56(61-4)37-15-25(2)16-38-46(37)52(30)31-21-32-39(23-36(31)57(38)62-5)58-41-18-26(3)19-42-47(41)54(32)51-49(60-42)28-11-7-9-13-44(28)64-51/h6-23,55H,1-5H3. The average molecular weight is 898 g/mol.